The molecule has 0 aromatic heterocycles. The molecule has 0 amide bonds. The molecular formula is C10H11F3O2. The third-order valence-electron chi connectivity index (χ3n) is 2.00. The van der Waals surface area contributed by atoms with Crippen LogP contribution in [0.5, 0.6) is 5.75 Å². The monoisotopic (exact) mass is 220 g/mol. The summed E-state index contributed by atoms with van der Waals surface area (Å²) in [5.74, 6) is -0.919. The zero-order chi connectivity index (χ0) is 11.9. The first kappa shape index (κ1) is 11.8. The van der Waals surface area contributed by atoms with E-state index in [9.17, 15) is 23.4 Å². The number of aromatic hydroxyl groups is 1. The summed E-state index contributed by atoms with van der Waals surface area (Å²) < 4.78 is 37.1. The molecule has 0 aliphatic carbocycles. The first-order valence-electron chi connectivity index (χ1n) is 4.26. The Morgan fingerprint density at radius 1 is 1.07 bits per heavy atom. The van der Waals surface area contributed by atoms with Crippen molar-refractivity contribution in [2.75, 3.05) is 0 Å². The van der Waals surface area contributed by atoms with Gasteiger partial charge in [-0.15, -0.1) is 0 Å². The van der Waals surface area contributed by atoms with Gasteiger partial charge in [-0.05, 0) is 19.9 Å². The number of aliphatic hydroxyl groups is 1. The average molecular weight is 220 g/mol. The summed E-state index contributed by atoms with van der Waals surface area (Å²) in [6, 6.07) is 3.17. The zero-order valence-corrected chi connectivity index (χ0v) is 8.26. The Hall–Kier alpha value is -1.23. The highest BCUT2D eigenvalue weighted by atomic mass is 19.4. The van der Waals surface area contributed by atoms with Crippen molar-refractivity contribution in [1.29, 1.82) is 0 Å². The van der Waals surface area contributed by atoms with Crippen LogP contribution in [-0.4, -0.2) is 10.2 Å². The molecule has 1 aromatic rings. The van der Waals surface area contributed by atoms with Crippen LogP contribution in [0.3, 0.4) is 0 Å². The van der Waals surface area contributed by atoms with Crippen molar-refractivity contribution in [2.45, 2.75) is 25.6 Å². The number of benzene rings is 1. The lowest BCUT2D eigenvalue weighted by Crippen LogP contribution is -2.17. The van der Waals surface area contributed by atoms with Crippen LogP contribution in [0.2, 0.25) is 0 Å². The van der Waals surface area contributed by atoms with Gasteiger partial charge in [-0.3, -0.25) is 0 Å². The quantitative estimate of drug-likeness (QED) is 0.763. The van der Waals surface area contributed by atoms with Crippen LogP contribution < -0.4 is 0 Å². The second-order valence-corrected chi connectivity index (χ2v) is 3.76. The SMILES string of the molecule is CC(C)(O)c1cccc(C(F)(F)F)c1O. The highest BCUT2D eigenvalue weighted by molar-refractivity contribution is 5.44. The van der Waals surface area contributed by atoms with Crippen molar-refractivity contribution >= 4 is 0 Å². The number of alkyl halides is 3. The fourth-order valence-corrected chi connectivity index (χ4v) is 1.27. The van der Waals surface area contributed by atoms with Crippen molar-refractivity contribution in [3.63, 3.8) is 0 Å². The van der Waals surface area contributed by atoms with Crippen LogP contribution in [0, 0.1) is 0 Å². The predicted molar refractivity (Wildman–Crippen MR) is 48.4 cm³/mol. The third kappa shape index (κ3) is 2.41. The minimum atomic E-state index is -4.62. The predicted octanol–water partition coefficient (Wildman–Crippen LogP) is 2.64. The molecule has 84 valence electrons. The van der Waals surface area contributed by atoms with E-state index in [0.717, 1.165) is 12.1 Å². The maximum absolute atomic E-state index is 12.4. The second kappa shape index (κ2) is 3.41. The summed E-state index contributed by atoms with van der Waals surface area (Å²) in [5, 5.41) is 18.9. The Morgan fingerprint density at radius 2 is 1.53 bits per heavy atom. The lowest BCUT2D eigenvalue weighted by atomic mass is 9.95. The molecule has 1 rings (SSSR count). The number of hydrogen-bond donors (Lipinski definition) is 2. The number of rotatable bonds is 1. The van der Waals surface area contributed by atoms with E-state index in [2.05, 4.69) is 0 Å². The Labute approximate surface area is 85.0 Å². The summed E-state index contributed by atoms with van der Waals surface area (Å²) in [5.41, 5.74) is -2.79. The summed E-state index contributed by atoms with van der Waals surface area (Å²) >= 11 is 0. The fraction of sp³-hybridized carbons (Fsp3) is 0.400. The van der Waals surface area contributed by atoms with E-state index < -0.39 is 23.1 Å². The van der Waals surface area contributed by atoms with Gasteiger partial charge in [0, 0.05) is 5.56 Å². The van der Waals surface area contributed by atoms with Crippen LogP contribution in [0.4, 0.5) is 13.2 Å². The minimum Gasteiger partial charge on any atom is -0.507 e. The molecule has 0 aliphatic rings. The highest BCUT2D eigenvalue weighted by Gasteiger charge is 2.36. The van der Waals surface area contributed by atoms with Gasteiger partial charge in [-0.25, -0.2) is 0 Å². The summed E-state index contributed by atoms with van der Waals surface area (Å²) in [6.45, 7) is 2.62. The molecule has 0 heterocycles. The van der Waals surface area contributed by atoms with E-state index in [0.29, 0.717) is 0 Å². The Kier molecular flexibility index (Phi) is 2.69. The van der Waals surface area contributed by atoms with Crippen molar-refractivity contribution in [3.05, 3.63) is 29.3 Å². The van der Waals surface area contributed by atoms with Gasteiger partial charge >= 0.3 is 6.18 Å². The maximum Gasteiger partial charge on any atom is 0.419 e. The van der Waals surface area contributed by atoms with Gasteiger partial charge in [0.05, 0.1) is 11.2 Å². The number of para-hydroxylation sites is 1. The van der Waals surface area contributed by atoms with Gasteiger partial charge in [0.1, 0.15) is 5.75 Å². The smallest absolute Gasteiger partial charge is 0.419 e. The molecule has 0 saturated carbocycles. The van der Waals surface area contributed by atoms with Crippen LogP contribution in [-0.2, 0) is 11.8 Å². The molecule has 0 bridgehead atoms. The van der Waals surface area contributed by atoms with E-state index in [1.807, 2.05) is 0 Å². The molecule has 0 saturated heterocycles. The minimum absolute atomic E-state index is 0.141. The van der Waals surface area contributed by atoms with Crippen molar-refractivity contribution in [2.24, 2.45) is 0 Å². The van der Waals surface area contributed by atoms with E-state index in [1.165, 1.54) is 19.9 Å². The van der Waals surface area contributed by atoms with E-state index in [4.69, 9.17) is 0 Å². The lowest BCUT2D eigenvalue weighted by molar-refractivity contribution is -0.139. The molecule has 0 fully saturated rings. The lowest BCUT2D eigenvalue weighted by Gasteiger charge is -2.21. The van der Waals surface area contributed by atoms with E-state index >= 15 is 0 Å². The first-order chi connectivity index (χ1) is 6.64. The molecular weight excluding hydrogens is 209 g/mol. The Balaban J connectivity index is 3.37. The van der Waals surface area contributed by atoms with Crippen LogP contribution in [0.1, 0.15) is 25.0 Å². The Morgan fingerprint density at radius 3 is 1.93 bits per heavy atom. The number of phenolic OH excluding ortho intramolecular Hbond substituents is 1. The molecule has 0 radical (unpaired) electrons. The second-order valence-electron chi connectivity index (χ2n) is 3.76. The van der Waals surface area contributed by atoms with Crippen LogP contribution >= 0.6 is 0 Å². The molecule has 0 spiro atoms. The van der Waals surface area contributed by atoms with Crippen molar-refractivity contribution in [1.82, 2.24) is 0 Å². The molecule has 2 nitrogen and oxygen atoms in total. The van der Waals surface area contributed by atoms with E-state index in [-0.39, 0.29) is 5.56 Å². The topological polar surface area (TPSA) is 40.5 Å². The summed E-state index contributed by atoms with van der Waals surface area (Å²) in [7, 11) is 0. The van der Waals surface area contributed by atoms with Gasteiger partial charge in [0.25, 0.3) is 0 Å². The standard InChI is InChI=1S/C10H11F3O2/c1-9(2,15)6-4-3-5-7(8(6)14)10(11,12)13/h3-5,14-15H,1-2H3. The van der Waals surface area contributed by atoms with Gasteiger partial charge in [-0.2, -0.15) is 13.2 Å². The first-order valence-corrected chi connectivity index (χ1v) is 4.26. The van der Waals surface area contributed by atoms with Crippen LogP contribution in [0.25, 0.3) is 0 Å². The number of hydrogen-bond acceptors (Lipinski definition) is 2. The maximum atomic E-state index is 12.4. The molecule has 1 aromatic carbocycles. The van der Waals surface area contributed by atoms with Gasteiger partial charge in [0.15, 0.2) is 0 Å². The number of halogens is 3. The molecule has 5 heteroatoms. The largest absolute Gasteiger partial charge is 0.507 e. The fourth-order valence-electron chi connectivity index (χ4n) is 1.27. The highest BCUT2D eigenvalue weighted by Crippen LogP contribution is 2.40. The van der Waals surface area contributed by atoms with E-state index in [1.54, 1.807) is 0 Å². The van der Waals surface area contributed by atoms with Gasteiger partial charge < -0.3 is 10.2 Å². The Bertz CT molecular complexity index is 332. The van der Waals surface area contributed by atoms with Crippen molar-refractivity contribution < 1.29 is 23.4 Å². The summed E-state index contributed by atoms with van der Waals surface area (Å²) in [6.07, 6.45) is -4.62. The third-order valence-corrected chi connectivity index (χ3v) is 2.00. The molecule has 0 unspecified atom stereocenters. The van der Waals surface area contributed by atoms with Gasteiger partial charge in [-0.1, -0.05) is 12.1 Å². The number of phenols is 1. The van der Waals surface area contributed by atoms with Gasteiger partial charge in [0.2, 0.25) is 0 Å². The molecule has 0 atom stereocenters. The van der Waals surface area contributed by atoms with Crippen molar-refractivity contribution in [3.8, 4) is 5.75 Å². The summed E-state index contributed by atoms with van der Waals surface area (Å²) in [4.78, 5) is 0. The average Bonchev–Trinajstić information content (AvgIpc) is 1.99. The van der Waals surface area contributed by atoms with Crippen LogP contribution in [0.15, 0.2) is 18.2 Å². The zero-order valence-electron chi connectivity index (χ0n) is 8.26. The molecule has 0 aliphatic heterocycles. The molecule has 15 heavy (non-hydrogen) atoms. The normalized spacial score (nSPS) is 12.9. The molecule has 2 N–H and O–H groups in total.